The fraction of sp³-hybridized carbons (Fsp3) is 0.615. The summed E-state index contributed by atoms with van der Waals surface area (Å²) in [5.74, 6) is 0.344. The van der Waals surface area contributed by atoms with Crippen LogP contribution in [0, 0.1) is 0 Å². The van der Waals surface area contributed by atoms with E-state index in [1.165, 1.54) is 11.5 Å². The topological polar surface area (TPSA) is 69.6 Å². The van der Waals surface area contributed by atoms with Gasteiger partial charge in [0.25, 0.3) is 0 Å². The summed E-state index contributed by atoms with van der Waals surface area (Å²) in [4.78, 5) is 1.08. The summed E-state index contributed by atoms with van der Waals surface area (Å²) in [6, 6.07) is -0.0937. The maximum Gasteiger partial charge on any atom is 0.0829 e. The Morgan fingerprint density at radius 1 is 1.40 bits per heavy atom. The van der Waals surface area contributed by atoms with Gasteiger partial charge in [0.05, 0.1) is 26.4 Å². The lowest BCUT2D eigenvalue weighted by molar-refractivity contribution is 0.633. The highest BCUT2D eigenvalue weighted by atomic mass is 79.9. The normalized spacial score (nSPS) is 13.2. The van der Waals surface area contributed by atoms with E-state index in [-0.39, 0.29) is 6.04 Å². The van der Waals surface area contributed by atoms with E-state index in [0.717, 1.165) is 39.3 Å². The molecule has 2 rings (SSSR count). The predicted octanol–water partition coefficient (Wildman–Crippen LogP) is 2.96. The first-order valence-electron chi connectivity index (χ1n) is 6.73. The molecule has 0 amide bonds. The average molecular weight is 358 g/mol. The predicted molar refractivity (Wildman–Crippen MR) is 84.9 cm³/mol. The van der Waals surface area contributed by atoms with Gasteiger partial charge in [-0.25, -0.2) is 0 Å². The van der Waals surface area contributed by atoms with Gasteiger partial charge in [-0.05, 0) is 39.8 Å². The SMILES string of the molecule is CCc1nn(C)c(CC(N)c2snnc2C(C)C)c1Br. The number of nitrogens with zero attached hydrogens (tertiary/aromatic N) is 4. The number of hydrogen-bond donors (Lipinski definition) is 1. The summed E-state index contributed by atoms with van der Waals surface area (Å²) >= 11 is 5.03. The Bertz CT molecular complexity index is 590. The van der Waals surface area contributed by atoms with Crippen LogP contribution in [0.1, 0.15) is 54.7 Å². The molecule has 7 heteroatoms. The first kappa shape index (κ1) is 15.6. The molecule has 2 N–H and O–H groups in total. The Morgan fingerprint density at radius 2 is 2.10 bits per heavy atom. The maximum atomic E-state index is 6.37. The Balaban J connectivity index is 2.26. The monoisotopic (exact) mass is 357 g/mol. The van der Waals surface area contributed by atoms with E-state index in [1.54, 1.807) is 0 Å². The van der Waals surface area contributed by atoms with Crippen molar-refractivity contribution >= 4 is 27.5 Å². The lowest BCUT2D eigenvalue weighted by Gasteiger charge is -2.12. The molecule has 0 spiro atoms. The Kier molecular flexibility index (Phi) is 4.93. The van der Waals surface area contributed by atoms with Crippen LogP contribution in [0.15, 0.2) is 4.47 Å². The molecule has 1 unspecified atom stereocenters. The van der Waals surface area contributed by atoms with Gasteiger partial charge in [0.2, 0.25) is 0 Å². The molecule has 20 heavy (non-hydrogen) atoms. The van der Waals surface area contributed by atoms with Gasteiger partial charge in [-0.15, -0.1) is 5.10 Å². The molecule has 0 bridgehead atoms. The van der Waals surface area contributed by atoms with Crippen molar-refractivity contribution in [2.24, 2.45) is 12.8 Å². The molecule has 0 saturated heterocycles. The second-order valence-electron chi connectivity index (χ2n) is 5.17. The molecule has 0 aliphatic carbocycles. The molecule has 2 aromatic heterocycles. The first-order chi connectivity index (χ1) is 9.45. The maximum absolute atomic E-state index is 6.37. The van der Waals surface area contributed by atoms with Crippen LogP contribution in [-0.2, 0) is 19.9 Å². The summed E-state index contributed by atoms with van der Waals surface area (Å²) in [7, 11) is 1.96. The highest BCUT2D eigenvalue weighted by molar-refractivity contribution is 9.10. The van der Waals surface area contributed by atoms with Gasteiger partial charge < -0.3 is 5.73 Å². The molecule has 5 nitrogen and oxygen atoms in total. The minimum absolute atomic E-state index is 0.0937. The van der Waals surface area contributed by atoms with Crippen LogP contribution in [0.5, 0.6) is 0 Å². The highest BCUT2D eigenvalue weighted by Crippen LogP contribution is 2.30. The molecule has 0 aliphatic heterocycles. The molecule has 0 aromatic carbocycles. The second-order valence-corrected chi connectivity index (χ2v) is 6.75. The van der Waals surface area contributed by atoms with E-state index in [0.29, 0.717) is 5.92 Å². The van der Waals surface area contributed by atoms with E-state index in [4.69, 9.17) is 5.73 Å². The van der Waals surface area contributed by atoms with Gasteiger partial charge >= 0.3 is 0 Å². The van der Waals surface area contributed by atoms with Crippen LogP contribution >= 0.6 is 27.5 Å². The Hall–Kier alpha value is -0.790. The van der Waals surface area contributed by atoms with Crippen LogP contribution in [0.3, 0.4) is 0 Å². The van der Waals surface area contributed by atoms with E-state index in [9.17, 15) is 0 Å². The molecular weight excluding hydrogens is 338 g/mol. The first-order valence-corrected chi connectivity index (χ1v) is 8.30. The van der Waals surface area contributed by atoms with Crippen molar-refractivity contribution in [1.82, 2.24) is 19.4 Å². The summed E-state index contributed by atoms with van der Waals surface area (Å²) in [6.07, 6.45) is 1.64. The van der Waals surface area contributed by atoms with Crippen molar-refractivity contribution in [3.63, 3.8) is 0 Å². The third kappa shape index (κ3) is 2.94. The number of rotatable bonds is 5. The summed E-state index contributed by atoms with van der Waals surface area (Å²) in [6.45, 7) is 6.32. The third-order valence-electron chi connectivity index (χ3n) is 3.34. The van der Waals surface area contributed by atoms with Gasteiger partial charge in [-0.2, -0.15) is 5.10 Å². The van der Waals surface area contributed by atoms with E-state index in [1.807, 2.05) is 11.7 Å². The van der Waals surface area contributed by atoms with Crippen LogP contribution < -0.4 is 5.73 Å². The van der Waals surface area contributed by atoms with E-state index < -0.39 is 0 Å². The van der Waals surface area contributed by atoms with Gasteiger partial charge in [0.1, 0.15) is 0 Å². The fourth-order valence-electron chi connectivity index (χ4n) is 2.20. The number of hydrogen-bond acceptors (Lipinski definition) is 5. The van der Waals surface area contributed by atoms with Crippen molar-refractivity contribution in [2.75, 3.05) is 0 Å². The zero-order valence-electron chi connectivity index (χ0n) is 12.2. The van der Waals surface area contributed by atoms with Crippen molar-refractivity contribution in [1.29, 1.82) is 0 Å². The summed E-state index contributed by atoms with van der Waals surface area (Å²) in [5, 5.41) is 8.71. The molecule has 0 fully saturated rings. The van der Waals surface area contributed by atoms with E-state index in [2.05, 4.69) is 51.4 Å². The Morgan fingerprint density at radius 3 is 2.65 bits per heavy atom. The zero-order chi connectivity index (χ0) is 14.9. The lowest BCUT2D eigenvalue weighted by atomic mass is 10.0. The van der Waals surface area contributed by atoms with E-state index >= 15 is 0 Å². The van der Waals surface area contributed by atoms with Crippen LogP contribution in [-0.4, -0.2) is 19.4 Å². The smallest absolute Gasteiger partial charge is 0.0829 e. The fourth-order valence-corrected chi connectivity index (χ4v) is 3.79. The van der Waals surface area contributed by atoms with Crippen LogP contribution in [0.4, 0.5) is 0 Å². The molecule has 110 valence electrons. The summed E-state index contributed by atoms with van der Waals surface area (Å²) < 4.78 is 7.03. The van der Waals surface area contributed by atoms with Crippen molar-refractivity contribution < 1.29 is 0 Å². The molecule has 2 heterocycles. The molecule has 2 aromatic rings. The van der Waals surface area contributed by atoms with Gasteiger partial charge in [0.15, 0.2) is 0 Å². The quantitative estimate of drug-likeness (QED) is 0.892. The van der Waals surface area contributed by atoms with Gasteiger partial charge in [0, 0.05) is 19.5 Å². The molecule has 0 aliphatic rings. The minimum atomic E-state index is -0.0937. The minimum Gasteiger partial charge on any atom is -0.323 e. The lowest BCUT2D eigenvalue weighted by Crippen LogP contribution is -2.16. The zero-order valence-corrected chi connectivity index (χ0v) is 14.6. The number of halogens is 1. The summed E-state index contributed by atoms with van der Waals surface area (Å²) in [5.41, 5.74) is 9.57. The standard InChI is InChI=1S/C13H20BrN5S/c1-5-9-11(14)10(19(4)17-9)6-8(15)13-12(7(2)3)16-18-20-13/h7-8H,5-6,15H2,1-4H3. The largest absolute Gasteiger partial charge is 0.323 e. The number of nitrogens with two attached hydrogens (primary N) is 1. The Labute approximate surface area is 131 Å². The highest BCUT2D eigenvalue weighted by Gasteiger charge is 2.22. The number of aryl methyl sites for hydroxylation is 2. The molecular formula is C13H20BrN5S. The second kappa shape index (κ2) is 6.32. The third-order valence-corrected chi connectivity index (χ3v) is 5.13. The molecule has 1 atom stereocenters. The average Bonchev–Trinajstić information content (AvgIpc) is 2.98. The molecule has 0 radical (unpaired) electrons. The van der Waals surface area contributed by atoms with Gasteiger partial charge in [-0.1, -0.05) is 25.3 Å². The van der Waals surface area contributed by atoms with Crippen molar-refractivity contribution in [2.45, 2.75) is 45.6 Å². The molecule has 0 saturated carbocycles. The van der Waals surface area contributed by atoms with Gasteiger partial charge in [-0.3, -0.25) is 4.68 Å². The van der Waals surface area contributed by atoms with Crippen LogP contribution in [0.25, 0.3) is 0 Å². The van der Waals surface area contributed by atoms with Crippen molar-refractivity contribution in [3.05, 3.63) is 26.4 Å². The van der Waals surface area contributed by atoms with Crippen LogP contribution in [0.2, 0.25) is 0 Å². The number of aromatic nitrogens is 4. The van der Waals surface area contributed by atoms with Crippen molar-refractivity contribution in [3.8, 4) is 0 Å².